The smallest absolute Gasteiger partial charge is 0.224 e. The summed E-state index contributed by atoms with van der Waals surface area (Å²) in [5, 5.41) is 7.00. The largest absolute Gasteiger partial charge is 0.330 e. The highest BCUT2D eigenvalue weighted by Gasteiger charge is 2.09. The summed E-state index contributed by atoms with van der Waals surface area (Å²) in [6, 6.07) is 0. The van der Waals surface area contributed by atoms with Crippen LogP contribution >= 0.6 is 0 Å². The highest BCUT2D eigenvalue weighted by molar-refractivity contribution is 5.91. The molecule has 16 heavy (non-hydrogen) atoms. The molecule has 0 aromatic carbocycles. The molecule has 0 saturated heterocycles. The third kappa shape index (κ3) is 3.66. The van der Waals surface area contributed by atoms with Crippen molar-refractivity contribution < 1.29 is 4.79 Å². The van der Waals surface area contributed by atoms with Crippen molar-refractivity contribution in [3.63, 3.8) is 0 Å². The van der Waals surface area contributed by atoms with Crippen molar-refractivity contribution in [2.75, 3.05) is 11.9 Å². The van der Waals surface area contributed by atoms with E-state index in [-0.39, 0.29) is 5.91 Å². The molecule has 0 aliphatic rings. The quantitative estimate of drug-likeness (QED) is 0.785. The first-order valence-corrected chi connectivity index (χ1v) is 5.53. The van der Waals surface area contributed by atoms with Crippen LogP contribution < -0.4 is 11.1 Å². The van der Waals surface area contributed by atoms with E-state index in [0.717, 1.165) is 17.8 Å². The van der Waals surface area contributed by atoms with Gasteiger partial charge in [-0.05, 0) is 25.8 Å². The van der Waals surface area contributed by atoms with Gasteiger partial charge in [-0.3, -0.25) is 9.48 Å². The molecule has 0 bridgehead atoms. The van der Waals surface area contributed by atoms with Crippen molar-refractivity contribution in [2.24, 2.45) is 18.7 Å². The number of aromatic nitrogens is 2. The van der Waals surface area contributed by atoms with Crippen LogP contribution in [0, 0.1) is 12.8 Å². The number of carbonyl (C=O) groups is 1. The van der Waals surface area contributed by atoms with E-state index in [1.807, 2.05) is 20.9 Å². The third-order valence-corrected chi connectivity index (χ3v) is 2.55. The van der Waals surface area contributed by atoms with Gasteiger partial charge in [-0.25, -0.2) is 0 Å². The van der Waals surface area contributed by atoms with Gasteiger partial charge in [0.25, 0.3) is 0 Å². The average molecular weight is 224 g/mol. The fourth-order valence-corrected chi connectivity index (χ4v) is 1.43. The number of hydrogen-bond acceptors (Lipinski definition) is 3. The number of nitrogens with two attached hydrogens (primary N) is 1. The highest BCUT2D eigenvalue weighted by atomic mass is 16.1. The zero-order valence-electron chi connectivity index (χ0n) is 10.2. The van der Waals surface area contributed by atoms with E-state index in [0.29, 0.717) is 18.9 Å². The minimum atomic E-state index is 0.0244. The fraction of sp³-hybridized carbons (Fsp3) is 0.636. The fourth-order valence-electron chi connectivity index (χ4n) is 1.43. The molecule has 0 radical (unpaired) electrons. The molecule has 5 nitrogen and oxygen atoms in total. The number of rotatable bonds is 5. The summed E-state index contributed by atoms with van der Waals surface area (Å²) in [6.07, 6.45) is 3.13. The summed E-state index contributed by atoms with van der Waals surface area (Å²) >= 11 is 0. The van der Waals surface area contributed by atoms with E-state index in [1.165, 1.54) is 0 Å². The molecule has 0 aliphatic heterocycles. The lowest BCUT2D eigenvalue weighted by atomic mass is 10.1. The van der Waals surface area contributed by atoms with Crippen LogP contribution in [0.1, 0.15) is 25.5 Å². The van der Waals surface area contributed by atoms with Gasteiger partial charge in [0, 0.05) is 19.7 Å². The van der Waals surface area contributed by atoms with Crippen LogP contribution in [-0.4, -0.2) is 22.2 Å². The molecule has 1 heterocycles. The molecule has 5 heteroatoms. The van der Waals surface area contributed by atoms with Gasteiger partial charge in [0.1, 0.15) is 0 Å². The topological polar surface area (TPSA) is 72.9 Å². The lowest BCUT2D eigenvalue weighted by molar-refractivity contribution is -0.116. The molecule has 1 aromatic rings. The first-order chi connectivity index (χ1) is 7.52. The van der Waals surface area contributed by atoms with Crippen molar-refractivity contribution in [1.82, 2.24) is 9.78 Å². The Kier molecular flexibility index (Phi) is 4.49. The zero-order chi connectivity index (χ0) is 12.1. The summed E-state index contributed by atoms with van der Waals surface area (Å²) in [6.45, 7) is 4.54. The van der Waals surface area contributed by atoms with E-state index in [9.17, 15) is 4.79 Å². The first kappa shape index (κ1) is 12.7. The third-order valence-electron chi connectivity index (χ3n) is 2.55. The van der Waals surface area contributed by atoms with Crippen molar-refractivity contribution in [3.05, 3.63) is 11.9 Å². The molecule has 90 valence electrons. The molecule has 3 N–H and O–H groups in total. The second-order valence-electron chi connectivity index (χ2n) is 4.23. The van der Waals surface area contributed by atoms with Gasteiger partial charge in [-0.2, -0.15) is 5.10 Å². The van der Waals surface area contributed by atoms with Gasteiger partial charge >= 0.3 is 0 Å². The molecule has 0 aliphatic carbocycles. The monoisotopic (exact) mass is 224 g/mol. The Morgan fingerprint density at radius 3 is 2.88 bits per heavy atom. The van der Waals surface area contributed by atoms with Crippen molar-refractivity contribution in [3.8, 4) is 0 Å². The summed E-state index contributed by atoms with van der Waals surface area (Å²) < 4.78 is 1.69. The van der Waals surface area contributed by atoms with Crippen molar-refractivity contribution in [2.45, 2.75) is 26.7 Å². The van der Waals surface area contributed by atoms with Gasteiger partial charge in [-0.15, -0.1) is 0 Å². The van der Waals surface area contributed by atoms with Gasteiger partial charge < -0.3 is 11.1 Å². The Balaban J connectivity index is 2.43. The first-order valence-electron chi connectivity index (χ1n) is 5.53. The number of carbonyl (C=O) groups excluding carboxylic acids is 1. The maximum Gasteiger partial charge on any atom is 0.224 e. The molecule has 0 fully saturated rings. The molecule has 1 amide bonds. The van der Waals surface area contributed by atoms with E-state index >= 15 is 0 Å². The van der Waals surface area contributed by atoms with E-state index in [4.69, 9.17) is 5.73 Å². The minimum absolute atomic E-state index is 0.0244. The van der Waals surface area contributed by atoms with Crippen LogP contribution in [-0.2, 0) is 11.8 Å². The molecule has 1 atom stereocenters. The Labute approximate surface area is 96.0 Å². The van der Waals surface area contributed by atoms with Gasteiger partial charge in [0.2, 0.25) is 5.91 Å². The Bertz CT molecular complexity index is 359. The van der Waals surface area contributed by atoms with E-state index < -0.39 is 0 Å². The van der Waals surface area contributed by atoms with Crippen molar-refractivity contribution in [1.29, 1.82) is 0 Å². The van der Waals surface area contributed by atoms with Crippen LogP contribution in [0.3, 0.4) is 0 Å². The van der Waals surface area contributed by atoms with Crippen molar-refractivity contribution >= 4 is 11.6 Å². The predicted octanol–water partition coefficient (Wildman–Crippen LogP) is 1.04. The maximum absolute atomic E-state index is 11.6. The SMILES string of the molecule is Cc1nn(C)cc1NC(=O)CCC(C)CN. The Morgan fingerprint density at radius 2 is 2.38 bits per heavy atom. The number of anilines is 1. The van der Waals surface area contributed by atoms with Crippen LogP contribution in [0.2, 0.25) is 0 Å². The van der Waals surface area contributed by atoms with Crippen LogP contribution in [0.25, 0.3) is 0 Å². The standard InChI is InChI=1S/C11H20N4O/c1-8(6-12)4-5-11(16)13-10-7-15(3)14-9(10)2/h7-8H,4-6,12H2,1-3H3,(H,13,16). The van der Waals surface area contributed by atoms with Crippen LogP contribution in [0.4, 0.5) is 5.69 Å². The number of aryl methyl sites for hydroxylation is 2. The summed E-state index contributed by atoms with van der Waals surface area (Å²) in [7, 11) is 1.83. The molecule has 1 rings (SSSR count). The lowest BCUT2D eigenvalue weighted by Crippen LogP contribution is -2.16. The Hall–Kier alpha value is -1.36. The highest BCUT2D eigenvalue weighted by Crippen LogP contribution is 2.12. The van der Waals surface area contributed by atoms with Gasteiger partial charge in [0.05, 0.1) is 11.4 Å². The van der Waals surface area contributed by atoms with E-state index in [2.05, 4.69) is 10.4 Å². The van der Waals surface area contributed by atoms with Crippen LogP contribution in [0.5, 0.6) is 0 Å². The molecule has 1 aromatic heterocycles. The zero-order valence-corrected chi connectivity index (χ0v) is 10.2. The molecular weight excluding hydrogens is 204 g/mol. The normalized spacial score (nSPS) is 12.5. The van der Waals surface area contributed by atoms with E-state index in [1.54, 1.807) is 10.9 Å². The summed E-state index contributed by atoms with van der Waals surface area (Å²) in [5.74, 6) is 0.414. The molecule has 0 spiro atoms. The predicted molar refractivity (Wildman–Crippen MR) is 64.0 cm³/mol. The van der Waals surface area contributed by atoms with Gasteiger partial charge in [-0.1, -0.05) is 6.92 Å². The molecular formula is C11H20N4O. The minimum Gasteiger partial charge on any atom is -0.330 e. The number of hydrogen-bond donors (Lipinski definition) is 2. The van der Waals surface area contributed by atoms with Gasteiger partial charge in [0.15, 0.2) is 0 Å². The summed E-state index contributed by atoms with van der Waals surface area (Å²) in [5.41, 5.74) is 7.11. The number of nitrogens with one attached hydrogen (secondary N) is 1. The lowest BCUT2D eigenvalue weighted by Gasteiger charge is -2.07. The van der Waals surface area contributed by atoms with Crippen LogP contribution in [0.15, 0.2) is 6.20 Å². The maximum atomic E-state index is 11.6. The summed E-state index contributed by atoms with van der Waals surface area (Å²) in [4.78, 5) is 11.6. The average Bonchev–Trinajstić information content (AvgIpc) is 2.54. The second kappa shape index (κ2) is 5.65. The molecule has 1 unspecified atom stereocenters. The molecule has 0 saturated carbocycles. The number of nitrogens with zero attached hydrogens (tertiary/aromatic N) is 2. The Morgan fingerprint density at radius 1 is 1.69 bits per heavy atom. The second-order valence-corrected chi connectivity index (χ2v) is 4.23. The number of amides is 1.